The Morgan fingerprint density at radius 1 is 0.417 bits per heavy atom. The molecule has 4 aromatic carbocycles. The highest BCUT2D eigenvalue weighted by Gasteiger charge is 1.98. The summed E-state index contributed by atoms with van der Waals surface area (Å²) in [7, 11) is 3.36. The van der Waals surface area contributed by atoms with Crippen molar-refractivity contribution in [2.75, 3.05) is 14.2 Å². The highest BCUT2D eigenvalue weighted by Crippen LogP contribution is 2.17. The van der Waals surface area contributed by atoms with Gasteiger partial charge in [-0.25, -0.2) is 0 Å². The molecule has 5 nitrogen and oxygen atoms in total. The molecule has 0 fully saturated rings. The van der Waals surface area contributed by atoms with E-state index in [4.69, 9.17) is 9.47 Å². The lowest BCUT2D eigenvalue weighted by molar-refractivity contribution is 0.100. The van der Waals surface area contributed by atoms with Crippen LogP contribution < -0.4 is 9.47 Å². The zero-order valence-corrected chi connectivity index (χ0v) is 33.2. The number of carbonyl (C=O) groups is 2. The lowest BCUT2D eigenvalue weighted by atomic mass is 10.0. The summed E-state index contributed by atoms with van der Waals surface area (Å²) >= 11 is 0. The summed E-state index contributed by atoms with van der Waals surface area (Å²) in [5.74, 6) is 2.03. The van der Waals surface area contributed by atoms with Gasteiger partial charge in [-0.05, 0) is 55.7 Å². The summed E-state index contributed by atoms with van der Waals surface area (Å²) in [6.45, 7) is 27.1. The Balaban J connectivity index is -0.000000123. The first-order valence-corrected chi connectivity index (χ1v) is 17.3. The van der Waals surface area contributed by atoms with Gasteiger partial charge in [0.25, 0.3) is 0 Å². The van der Waals surface area contributed by atoms with E-state index in [2.05, 4.69) is 24.3 Å². The molecule has 0 aromatic heterocycles. The van der Waals surface area contributed by atoms with E-state index in [1.54, 1.807) is 28.1 Å². The number of rotatable bonds is 6. The third-order valence-electron chi connectivity index (χ3n) is 5.09. The van der Waals surface area contributed by atoms with Crippen molar-refractivity contribution in [2.45, 2.75) is 103 Å². The molecule has 0 radical (unpaired) electrons. The number of methoxy groups -OCH3 is 2. The highest BCUT2D eigenvalue weighted by molar-refractivity contribution is 5.94. The first-order chi connectivity index (χ1) is 22.9. The van der Waals surface area contributed by atoms with Gasteiger partial charge in [-0.15, -0.1) is 0 Å². The molecule has 0 aliphatic carbocycles. The van der Waals surface area contributed by atoms with E-state index >= 15 is 0 Å². The van der Waals surface area contributed by atoms with Crippen molar-refractivity contribution < 1.29 is 24.5 Å². The van der Waals surface area contributed by atoms with E-state index in [1.165, 1.54) is 11.1 Å². The fourth-order valence-corrected chi connectivity index (χ4v) is 3.07. The average molecular weight is 667 g/mol. The Kier molecular flexibility index (Phi) is 52.5. The van der Waals surface area contributed by atoms with E-state index in [-0.39, 0.29) is 17.0 Å². The van der Waals surface area contributed by atoms with Crippen molar-refractivity contribution in [3.63, 3.8) is 0 Å². The maximum atomic E-state index is 10.6. The smallest absolute Gasteiger partial charge is 0.159 e. The van der Waals surface area contributed by atoms with Crippen LogP contribution in [0.15, 0.2) is 109 Å². The highest BCUT2D eigenvalue weighted by atomic mass is 16.5. The van der Waals surface area contributed by atoms with Crippen LogP contribution in [0.3, 0.4) is 0 Å². The van der Waals surface area contributed by atoms with Gasteiger partial charge in [0.1, 0.15) is 11.5 Å². The Bertz CT molecular complexity index is 1060. The normalized spacial score (nSPS) is 7.67. The maximum Gasteiger partial charge on any atom is 0.159 e. The van der Waals surface area contributed by atoms with Gasteiger partial charge in [0.2, 0.25) is 0 Å². The van der Waals surface area contributed by atoms with Crippen LogP contribution in [0.5, 0.6) is 11.5 Å². The largest absolute Gasteiger partial charge is 0.497 e. The Labute approximate surface area is 296 Å². The summed E-state index contributed by atoms with van der Waals surface area (Å²) in [5, 5.41) is 0. The molecule has 0 spiro atoms. The molecule has 0 heterocycles. The zero-order chi connectivity index (χ0) is 37.5. The summed E-state index contributed by atoms with van der Waals surface area (Å²) in [6, 6.07) is 34.7. The van der Waals surface area contributed by atoms with E-state index in [0.29, 0.717) is 0 Å². The molecule has 0 unspecified atom stereocenters. The number of ketones is 2. The number of hydrogen-bond acceptors (Lipinski definition) is 4. The first-order valence-electron chi connectivity index (χ1n) is 17.3. The van der Waals surface area contributed by atoms with Crippen molar-refractivity contribution in [2.24, 2.45) is 0 Å². The van der Waals surface area contributed by atoms with Gasteiger partial charge in [0.05, 0.1) is 14.2 Å². The maximum absolute atomic E-state index is 10.6. The molecule has 2 N–H and O–H groups in total. The number of Topliss-reactive ketones (excluding diaryl/α,β-unsaturated/α-hetero) is 2. The van der Waals surface area contributed by atoms with Gasteiger partial charge in [0.15, 0.2) is 11.6 Å². The van der Waals surface area contributed by atoms with E-state index in [1.807, 2.05) is 168 Å². The van der Waals surface area contributed by atoms with E-state index < -0.39 is 0 Å². The van der Waals surface area contributed by atoms with Crippen LogP contribution in [-0.4, -0.2) is 31.3 Å². The third-order valence-corrected chi connectivity index (χ3v) is 5.09. The summed E-state index contributed by atoms with van der Waals surface area (Å²) in [6.07, 6.45) is 0.925. The van der Waals surface area contributed by atoms with Crippen molar-refractivity contribution in [3.05, 3.63) is 131 Å². The third kappa shape index (κ3) is 30.4. The van der Waals surface area contributed by atoms with Crippen molar-refractivity contribution in [3.8, 4) is 11.5 Å². The summed E-state index contributed by atoms with van der Waals surface area (Å²) in [5.41, 5.74) is 4.10. The minimum atomic E-state index is 0. The first kappa shape index (κ1) is 56.1. The van der Waals surface area contributed by atoms with Crippen molar-refractivity contribution >= 4 is 11.6 Å². The van der Waals surface area contributed by atoms with Gasteiger partial charge in [-0.3, -0.25) is 9.59 Å². The zero-order valence-electron chi connectivity index (χ0n) is 33.2. The quantitative estimate of drug-likeness (QED) is 0.192. The topological polar surface area (TPSA) is 84.1 Å². The second-order valence-corrected chi connectivity index (χ2v) is 7.72. The van der Waals surface area contributed by atoms with Crippen LogP contribution in [0.1, 0.15) is 129 Å². The minimum absolute atomic E-state index is 0. The second-order valence-electron chi connectivity index (χ2n) is 7.72. The molecule has 0 aliphatic rings. The van der Waals surface area contributed by atoms with E-state index in [9.17, 15) is 9.59 Å². The fraction of sp³-hybridized carbons (Fsp3) is 0.395. The molecular formula is C43H70O5. The van der Waals surface area contributed by atoms with Crippen LogP contribution in [0.2, 0.25) is 0 Å². The molecule has 0 bridgehead atoms. The van der Waals surface area contributed by atoms with Crippen LogP contribution in [0.25, 0.3) is 0 Å². The Hall–Kier alpha value is -4.22. The fourth-order valence-electron chi connectivity index (χ4n) is 3.07. The second kappa shape index (κ2) is 44.9. The predicted molar refractivity (Wildman–Crippen MR) is 213 cm³/mol. The van der Waals surface area contributed by atoms with Gasteiger partial charge in [0, 0.05) is 11.1 Å². The molecule has 48 heavy (non-hydrogen) atoms. The molecule has 0 saturated carbocycles. The minimum Gasteiger partial charge on any atom is -0.497 e. The van der Waals surface area contributed by atoms with Gasteiger partial charge < -0.3 is 14.9 Å². The molecule has 0 aliphatic heterocycles. The van der Waals surface area contributed by atoms with Crippen LogP contribution in [0, 0.1) is 0 Å². The summed E-state index contributed by atoms with van der Waals surface area (Å²) < 4.78 is 10.3. The molecule has 5 heteroatoms. The standard InChI is InChI=1S/C15H16O2.2C8H8O.6C2H6.H2O/c1-16-14-7-3-12(4-8-14)11-13-5-9-15(17-2)10-6-13;2*1-7(9)8-5-3-2-4-6-8;6*1-2;/h3-10H,11H2,1-2H3;2*2-6H,1H3;6*1-2H3;1H2. The lowest BCUT2D eigenvalue weighted by Gasteiger charge is -2.05. The lowest BCUT2D eigenvalue weighted by Crippen LogP contribution is -1.89. The Morgan fingerprint density at radius 2 is 0.646 bits per heavy atom. The number of hydrogen-bond donors (Lipinski definition) is 0. The number of benzene rings is 4. The monoisotopic (exact) mass is 667 g/mol. The molecule has 0 amide bonds. The van der Waals surface area contributed by atoms with Crippen LogP contribution in [0.4, 0.5) is 0 Å². The SMILES string of the molecule is CC.CC.CC.CC.CC.CC.CC(=O)c1ccccc1.CC(=O)c1ccccc1.COc1ccc(Cc2ccc(OC)cc2)cc1.O. The molecule has 272 valence electrons. The van der Waals surface area contributed by atoms with Crippen LogP contribution in [-0.2, 0) is 6.42 Å². The molecule has 4 rings (SSSR count). The van der Waals surface area contributed by atoms with Gasteiger partial charge >= 0.3 is 0 Å². The summed E-state index contributed by atoms with van der Waals surface area (Å²) in [4.78, 5) is 21.3. The van der Waals surface area contributed by atoms with Crippen LogP contribution >= 0.6 is 0 Å². The molecule has 0 atom stereocenters. The van der Waals surface area contributed by atoms with Crippen molar-refractivity contribution in [1.29, 1.82) is 0 Å². The average Bonchev–Trinajstić information content (AvgIpc) is 3.18. The number of ether oxygens (including phenoxy) is 2. The molecule has 4 aromatic rings. The molecular weight excluding hydrogens is 596 g/mol. The van der Waals surface area contributed by atoms with Gasteiger partial charge in [-0.1, -0.05) is 168 Å². The van der Waals surface area contributed by atoms with E-state index in [0.717, 1.165) is 29.0 Å². The molecule has 0 saturated heterocycles. The van der Waals surface area contributed by atoms with Gasteiger partial charge in [-0.2, -0.15) is 0 Å². The predicted octanol–water partition coefficient (Wildman–Crippen LogP) is 12.4. The van der Waals surface area contributed by atoms with Crippen molar-refractivity contribution in [1.82, 2.24) is 0 Å². The number of carbonyl (C=O) groups excluding carboxylic acids is 2. The Morgan fingerprint density at radius 3 is 0.812 bits per heavy atom.